The maximum absolute atomic E-state index is 14.0. The molecule has 328 valence electrons. The summed E-state index contributed by atoms with van der Waals surface area (Å²) < 4.78 is 14.5. The average Bonchev–Trinajstić information content (AvgIpc) is 3.67. The zero-order valence-corrected chi connectivity index (χ0v) is 37.0. The van der Waals surface area contributed by atoms with E-state index in [1.165, 1.54) is 24.3 Å². The van der Waals surface area contributed by atoms with E-state index in [9.17, 15) is 38.0 Å². The summed E-state index contributed by atoms with van der Waals surface area (Å²) >= 11 is 5.73. The van der Waals surface area contributed by atoms with Crippen molar-refractivity contribution < 1.29 is 59.2 Å². The standard InChI is InChI=1S/C45H54ClFIN6O7/c46-34-9-3-2-8-31(34)26-37(52-40(57)25-30-10-14-32(47)15-11-30)43(60)51-33-16-12-29(13-17-33)24-36-44(61)54-35(18-19-39(49)56)42(59)50-23-7-1-6-22-48-38(55)27-45(20-4-5-21-45)28-41(58)53-36/h2-3,8-17,35-37H,1,4-7,18-28H2,(H2,49,56)(H,50,59)(H,51,60)(H,52,57)(H,53,58)(H,54,61)/q-1/t35-,36-,37?/m1/s1. The molecule has 3 aromatic carbocycles. The van der Waals surface area contributed by atoms with Gasteiger partial charge >= 0.3 is 235 Å². The Morgan fingerprint density at radius 1 is 0.836 bits per heavy atom. The van der Waals surface area contributed by atoms with Crippen LogP contribution >= 0.6 is 11.6 Å². The van der Waals surface area contributed by atoms with Gasteiger partial charge < -0.3 is 10.6 Å². The van der Waals surface area contributed by atoms with Crippen LogP contribution in [0.15, 0.2) is 72.8 Å². The molecule has 1 heterocycles. The molecule has 3 atom stereocenters. The summed E-state index contributed by atoms with van der Waals surface area (Å²) in [5.41, 5.74) is 7.17. The summed E-state index contributed by atoms with van der Waals surface area (Å²) in [5, 5.41) is 14.5. The summed E-state index contributed by atoms with van der Waals surface area (Å²) in [6.45, 7) is 0.364. The van der Waals surface area contributed by atoms with Crippen LogP contribution in [0.1, 0.15) is 87.3 Å². The van der Waals surface area contributed by atoms with Crippen molar-refractivity contribution in [2.45, 2.75) is 108 Å². The average molecular weight is 972 g/mol. The number of primary amides is 1. The van der Waals surface area contributed by atoms with Gasteiger partial charge in [-0.05, 0) is 29.3 Å². The first kappa shape index (κ1) is 47.2. The number of anilines is 1. The van der Waals surface area contributed by atoms with E-state index in [0.717, 1.165) is 43.0 Å². The van der Waals surface area contributed by atoms with Gasteiger partial charge in [0.15, 0.2) is 0 Å². The number of halogens is 3. The van der Waals surface area contributed by atoms with Gasteiger partial charge in [0.1, 0.15) is 11.9 Å². The van der Waals surface area contributed by atoms with Gasteiger partial charge in [-0.1, -0.05) is 41.9 Å². The third-order valence-corrected chi connectivity index (χ3v) is 13.9. The SMILES string of the molecule is NC(=O)CC[C@H]1NC(=O)[C@@H](Cc2ccc(NC(=O)C(Cc3ccccc3Cl)NC(=O)Cc3ccc(F)cc3)cc2)NC(=O)CC2(CCCC2)CC(=O)[I-]CCCCCNC1=O. The van der Waals surface area contributed by atoms with Crippen molar-refractivity contribution in [3.8, 4) is 0 Å². The minimum atomic E-state index is -1.13. The third kappa shape index (κ3) is 15.5. The fourth-order valence-corrected chi connectivity index (χ4v) is 10.5. The Kier molecular flexibility index (Phi) is 18.1. The number of hydrogen-bond acceptors (Lipinski definition) is 7. The molecule has 2 fully saturated rings. The molecule has 0 aromatic heterocycles. The zero-order valence-electron chi connectivity index (χ0n) is 34.0. The van der Waals surface area contributed by atoms with Crippen LogP contribution in [-0.4, -0.2) is 68.3 Å². The number of rotatable bonds is 12. The molecule has 7 N–H and O–H groups in total. The van der Waals surface area contributed by atoms with E-state index in [1.807, 2.05) is 0 Å². The topological polar surface area (TPSA) is 206 Å². The zero-order chi connectivity index (χ0) is 43.8. The van der Waals surface area contributed by atoms with Crippen LogP contribution < -0.4 is 53.5 Å². The molecule has 3 aromatic rings. The number of alkyl halides is 1. The molecule has 61 heavy (non-hydrogen) atoms. The summed E-state index contributed by atoms with van der Waals surface area (Å²) in [4.78, 5) is 92.8. The predicted octanol–water partition coefficient (Wildman–Crippen LogP) is 1.42. The molecule has 2 aliphatic rings. The molecule has 1 spiro atoms. The van der Waals surface area contributed by atoms with Crippen LogP contribution in [0.5, 0.6) is 0 Å². The number of benzene rings is 3. The predicted molar refractivity (Wildman–Crippen MR) is 225 cm³/mol. The molecule has 13 nitrogen and oxygen atoms in total. The summed E-state index contributed by atoms with van der Waals surface area (Å²) in [6.07, 6.45) is 6.09. The molecule has 1 aliphatic carbocycles. The van der Waals surface area contributed by atoms with Gasteiger partial charge in [0.2, 0.25) is 11.8 Å². The van der Waals surface area contributed by atoms with E-state index in [4.69, 9.17) is 17.3 Å². The van der Waals surface area contributed by atoms with Crippen LogP contribution in [0.4, 0.5) is 10.1 Å². The first-order chi connectivity index (χ1) is 29.3. The van der Waals surface area contributed by atoms with E-state index < -0.39 is 80.1 Å². The molecule has 6 amide bonds. The Hall–Kier alpha value is -4.90. The number of carbonyl (C=O) groups excluding carboxylic acids is 7. The van der Waals surface area contributed by atoms with Crippen LogP contribution in [0.3, 0.4) is 0 Å². The van der Waals surface area contributed by atoms with Gasteiger partial charge in [-0.25, -0.2) is 4.39 Å². The quantitative estimate of drug-likeness (QED) is 0.0895. The maximum atomic E-state index is 14.0. The van der Waals surface area contributed by atoms with E-state index in [1.54, 1.807) is 48.5 Å². The fourth-order valence-electron chi connectivity index (χ4n) is 7.72. The van der Waals surface area contributed by atoms with Gasteiger partial charge in [-0.2, -0.15) is 0 Å². The molecule has 0 radical (unpaired) electrons. The fraction of sp³-hybridized carbons (Fsp3) is 0.444. The van der Waals surface area contributed by atoms with Gasteiger partial charge in [0.05, 0.1) is 6.42 Å². The molecule has 5 rings (SSSR count). The van der Waals surface area contributed by atoms with Gasteiger partial charge in [0.25, 0.3) is 0 Å². The van der Waals surface area contributed by atoms with Crippen LogP contribution in [0.25, 0.3) is 0 Å². The van der Waals surface area contributed by atoms with E-state index >= 15 is 0 Å². The third-order valence-electron chi connectivity index (χ3n) is 11.0. The normalized spacial score (nSPS) is 19.8. The summed E-state index contributed by atoms with van der Waals surface area (Å²) in [5.74, 6) is -3.49. The molecule has 1 saturated carbocycles. The van der Waals surface area contributed by atoms with Crippen molar-refractivity contribution >= 4 is 56.5 Å². The molecular formula is C45H54ClFIN6O7-. The molecule has 16 heteroatoms. The summed E-state index contributed by atoms with van der Waals surface area (Å²) in [6, 6.07) is 15.9. The second-order valence-electron chi connectivity index (χ2n) is 15.9. The van der Waals surface area contributed by atoms with E-state index in [0.29, 0.717) is 46.8 Å². The minimum absolute atomic E-state index is 0.0158. The Morgan fingerprint density at radius 3 is 2.25 bits per heavy atom. The molecular weight excluding hydrogens is 918 g/mol. The van der Waals surface area contributed by atoms with Crippen LogP contribution in [-0.2, 0) is 52.8 Å². The Labute approximate surface area is 370 Å². The molecule has 1 saturated heterocycles. The Morgan fingerprint density at radius 2 is 1.54 bits per heavy atom. The van der Waals surface area contributed by atoms with Crippen molar-refractivity contribution in [1.29, 1.82) is 0 Å². The second kappa shape index (κ2) is 23.4. The van der Waals surface area contributed by atoms with Crippen molar-refractivity contribution in [3.05, 3.63) is 100 Å². The number of hydrogen-bond donors (Lipinski definition) is 6. The Bertz CT molecular complexity index is 2030. The van der Waals surface area contributed by atoms with E-state index in [-0.39, 0.29) is 48.2 Å². The van der Waals surface area contributed by atoms with Gasteiger partial charge in [0, 0.05) is 11.4 Å². The number of nitrogens with two attached hydrogens (primary N) is 1. The molecule has 1 unspecified atom stereocenters. The van der Waals surface area contributed by atoms with Crippen LogP contribution in [0.2, 0.25) is 5.02 Å². The van der Waals surface area contributed by atoms with Crippen molar-refractivity contribution in [2.24, 2.45) is 11.1 Å². The van der Waals surface area contributed by atoms with Gasteiger partial charge in [-0.3, -0.25) is 9.59 Å². The number of amides is 6. The van der Waals surface area contributed by atoms with Crippen LogP contribution in [0, 0.1) is 11.2 Å². The Balaban J connectivity index is 1.33. The number of carbonyl (C=O) groups is 7. The molecule has 0 bridgehead atoms. The van der Waals surface area contributed by atoms with Crippen molar-refractivity contribution in [3.63, 3.8) is 0 Å². The second-order valence-corrected chi connectivity index (χ2v) is 19.3. The monoisotopic (exact) mass is 971 g/mol. The summed E-state index contributed by atoms with van der Waals surface area (Å²) in [7, 11) is 0. The van der Waals surface area contributed by atoms with E-state index in [2.05, 4.69) is 26.6 Å². The van der Waals surface area contributed by atoms with Gasteiger partial charge in [-0.15, -0.1) is 0 Å². The first-order valence-corrected chi connectivity index (χ1v) is 23.7. The molecule has 1 aliphatic heterocycles. The first-order valence-electron chi connectivity index (χ1n) is 20.7. The van der Waals surface area contributed by atoms with Crippen molar-refractivity contribution in [1.82, 2.24) is 21.3 Å². The van der Waals surface area contributed by atoms with Crippen molar-refractivity contribution in [2.75, 3.05) is 16.3 Å². The number of nitrogens with one attached hydrogen (secondary N) is 5.